The number of aliphatic imine (C=N–C) groups is 1. The minimum Gasteiger partial charge on any atom is -0.463 e. The van der Waals surface area contributed by atoms with E-state index in [1.807, 2.05) is 13.0 Å². The molecule has 1 aliphatic carbocycles. The number of pyridine rings is 1. The average Bonchev–Trinajstić information content (AvgIpc) is 3.35. The van der Waals surface area contributed by atoms with Crippen molar-refractivity contribution in [1.82, 2.24) is 4.98 Å². The van der Waals surface area contributed by atoms with Gasteiger partial charge in [-0.1, -0.05) is 46.5 Å². The van der Waals surface area contributed by atoms with E-state index < -0.39 is 10.8 Å². The number of hydrogen-bond acceptors (Lipinski definition) is 6. The number of carbonyl (C=O) groups is 1. The number of hydrogen-bond donors (Lipinski definition) is 0. The van der Waals surface area contributed by atoms with Crippen molar-refractivity contribution in [2.45, 2.75) is 97.0 Å². The molecule has 0 radical (unpaired) electrons. The second-order valence-corrected chi connectivity index (χ2v) is 10.9. The first-order chi connectivity index (χ1) is 17.7. The van der Waals surface area contributed by atoms with E-state index in [0.717, 1.165) is 34.8 Å². The SMILES string of the molecule is CC(=O)OC1CCCC1.CCCC(C)CCC.CN=Cc1cc(Oc2ccc(S(C)=O)cc2)ncc1C. The third-order valence-corrected chi connectivity index (χ3v) is 6.90. The van der Waals surface area contributed by atoms with E-state index in [4.69, 9.17) is 9.47 Å². The highest BCUT2D eigenvalue weighted by Gasteiger charge is 2.16. The van der Waals surface area contributed by atoms with Crippen molar-refractivity contribution in [3.05, 3.63) is 47.7 Å². The number of esters is 1. The number of carbonyl (C=O) groups excluding carboxylic acids is 1. The predicted octanol–water partition coefficient (Wildman–Crippen LogP) is 7.68. The Balaban J connectivity index is 0.000000333. The molecule has 0 amide bonds. The molecule has 1 atom stereocenters. The first kappa shape index (κ1) is 32.5. The lowest BCUT2D eigenvalue weighted by Gasteiger charge is -2.07. The molecule has 0 N–H and O–H groups in total. The van der Waals surface area contributed by atoms with Crippen LogP contribution >= 0.6 is 0 Å². The molecule has 1 aliphatic rings. The fraction of sp³-hybridized carbons (Fsp3) is 0.567. The van der Waals surface area contributed by atoms with Crippen LogP contribution in [-0.2, 0) is 20.3 Å². The van der Waals surface area contributed by atoms with Crippen LogP contribution in [0.4, 0.5) is 0 Å². The van der Waals surface area contributed by atoms with Gasteiger partial charge in [0.1, 0.15) is 11.9 Å². The van der Waals surface area contributed by atoms with Gasteiger partial charge in [0.05, 0.1) is 0 Å². The van der Waals surface area contributed by atoms with Gasteiger partial charge in [-0.25, -0.2) is 4.98 Å². The van der Waals surface area contributed by atoms with Crippen LogP contribution in [0.5, 0.6) is 11.6 Å². The maximum atomic E-state index is 11.3. The molecule has 1 saturated carbocycles. The fourth-order valence-corrected chi connectivity index (χ4v) is 4.56. The number of aromatic nitrogens is 1. The summed E-state index contributed by atoms with van der Waals surface area (Å²) in [6.45, 7) is 10.3. The van der Waals surface area contributed by atoms with E-state index in [9.17, 15) is 9.00 Å². The second kappa shape index (κ2) is 18.7. The Morgan fingerprint density at radius 2 is 1.76 bits per heavy atom. The molecule has 1 aromatic carbocycles. The van der Waals surface area contributed by atoms with Gasteiger partial charge in [0.15, 0.2) is 0 Å². The van der Waals surface area contributed by atoms with Gasteiger partial charge in [-0.3, -0.25) is 14.0 Å². The number of nitrogens with zero attached hydrogens (tertiary/aromatic N) is 2. The molecule has 0 saturated heterocycles. The summed E-state index contributed by atoms with van der Waals surface area (Å²) in [4.78, 5) is 19.4. The Morgan fingerprint density at radius 1 is 1.16 bits per heavy atom. The minimum absolute atomic E-state index is 0.137. The quantitative estimate of drug-likeness (QED) is 0.245. The third kappa shape index (κ3) is 14.1. The number of benzene rings is 1. The van der Waals surface area contributed by atoms with Gasteiger partial charge in [-0.2, -0.15) is 0 Å². The number of rotatable bonds is 9. The van der Waals surface area contributed by atoms with Crippen molar-refractivity contribution in [2.75, 3.05) is 13.3 Å². The van der Waals surface area contributed by atoms with E-state index in [-0.39, 0.29) is 12.1 Å². The average molecular weight is 531 g/mol. The molecule has 37 heavy (non-hydrogen) atoms. The summed E-state index contributed by atoms with van der Waals surface area (Å²) in [6.07, 6.45) is 15.5. The lowest BCUT2D eigenvalue weighted by Crippen LogP contribution is -2.10. The Labute approximate surface area is 226 Å². The number of ether oxygens (including phenoxy) is 2. The normalized spacial score (nSPS) is 13.9. The lowest BCUT2D eigenvalue weighted by atomic mass is 10.0. The van der Waals surface area contributed by atoms with Crippen LogP contribution in [0.15, 0.2) is 46.4 Å². The molecule has 0 spiro atoms. The molecule has 6 nitrogen and oxygen atoms in total. The Morgan fingerprint density at radius 3 is 2.24 bits per heavy atom. The highest BCUT2D eigenvalue weighted by molar-refractivity contribution is 7.84. The monoisotopic (exact) mass is 530 g/mol. The molecule has 1 unspecified atom stereocenters. The van der Waals surface area contributed by atoms with Crippen LogP contribution in [0.25, 0.3) is 0 Å². The Bertz CT molecular complexity index is 964. The first-order valence-electron chi connectivity index (χ1n) is 13.4. The summed E-state index contributed by atoms with van der Waals surface area (Å²) < 4.78 is 22.0. The van der Waals surface area contributed by atoms with E-state index >= 15 is 0 Å². The van der Waals surface area contributed by atoms with Crippen molar-refractivity contribution in [1.29, 1.82) is 0 Å². The molecular weight excluding hydrogens is 484 g/mol. The summed E-state index contributed by atoms with van der Waals surface area (Å²) >= 11 is 0. The van der Waals surface area contributed by atoms with Gasteiger partial charge >= 0.3 is 5.97 Å². The van der Waals surface area contributed by atoms with Crippen LogP contribution in [0.3, 0.4) is 0 Å². The van der Waals surface area contributed by atoms with Crippen LogP contribution in [0.1, 0.15) is 90.2 Å². The molecule has 1 heterocycles. The zero-order valence-corrected chi connectivity index (χ0v) is 24.6. The summed E-state index contributed by atoms with van der Waals surface area (Å²) in [5, 5.41) is 0. The highest BCUT2D eigenvalue weighted by Crippen LogP contribution is 2.22. The van der Waals surface area contributed by atoms with Gasteiger partial charge in [0, 0.05) is 60.0 Å². The van der Waals surface area contributed by atoms with Gasteiger partial charge in [0.2, 0.25) is 5.88 Å². The second-order valence-electron chi connectivity index (χ2n) is 9.49. The molecule has 1 fully saturated rings. The zero-order chi connectivity index (χ0) is 27.6. The zero-order valence-electron chi connectivity index (χ0n) is 23.8. The Hall–Kier alpha value is -2.54. The predicted molar refractivity (Wildman–Crippen MR) is 154 cm³/mol. The summed E-state index contributed by atoms with van der Waals surface area (Å²) in [6, 6.07) is 8.98. The molecule has 0 bridgehead atoms. The Kier molecular flexibility index (Phi) is 16.4. The molecule has 2 aromatic rings. The smallest absolute Gasteiger partial charge is 0.302 e. The summed E-state index contributed by atoms with van der Waals surface area (Å²) in [5.74, 6) is 2.00. The summed E-state index contributed by atoms with van der Waals surface area (Å²) in [7, 11) is 0.744. The van der Waals surface area contributed by atoms with Crippen LogP contribution in [0.2, 0.25) is 0 Å². The van der Waals surface area contributed by atoms with Gasteiger partial charge in [-0.05, 0) is 68.4 Å². The van der Waals surface area contributed by atoms with Crippen molar-refractivity contribution in [3.63, 3.8) is 0 Å². The minimum atomic E-state index is -0.982. The standard InChI is InChI=1S/C15H16N2O2S.C8H18.C7H12O2/c1-11-9-17-15(8-12(11)10-16-2)19-13-4-6-14(7-5-13)20(3)18;1-4-6-8(3)7-5-2;1-6(8)9-7-4-2-3-5-7/h4-10H,1-3H3;8H,4-7H2,1-3H3;7H,2-5H2,1H3. The van der Waals surface area contributed by atoms with Crippen LogP contribution in [0, 0.1) is 12.8 Å². The van der Waals surface area contributed by atoms with Crippen LogP contribution < -0.4 is 4.74 Å². The molecule has 206 valence electrons. The van der Waals surface area contributed by atoms with Gasteiger partial charge < -0.3 is 9.47 Å². The molecule has 0 aliphatic heterocycles. The molecule has 3 rings (SSSR count). The van der Waals surface area contributed by atoms with E-state index in [2.05, 4.69) is 30.7 Å². The molecule has 1 aromatic heterocycles. The largest absolute Gasteiger partial charge is 0.463 e. The van der Waals surface area contributed by atoms with Crippen molar-refractivity contribution < 1.29 is 18.5 Å². The van der Waals surface area contributed by atoms with Gasteiger partial charge in [-0.15, -0.1) is 0 Å². The third-order valence-electron chi connectivity index (χ3n) is 5.96. The van der Waals surface area contributed by atoms with Crippen LogP contribution in [-0.4, -0.2) is 40.8 Å². The molecular formula is C30H46N2O4S. The first-order valence-corrected chi connectivity index (χ1v) is 14.9. The molecule has 7 heteroatoms. The van der Waals surface area contributed by atoms with E-state index in [0.29, 0.717) is 11.6 Å². The maximum absolute atomic E-state index is 11.3. The van der Waals surface area contributed by atoms with Crippen molar-refractivity contribution >= 4 is 23.0 Å². The van der Waals surface area contributed by atoms with Crippen molar-refractivity contribution in [2.24, 2.45) is 10.9 Å². The number of aryl methyl sites for hydroxylation is 1. The summed E-state index contributed by atoms with van der Waals surface area (Å²) in [5.41, 5.74) is 2.02. The van der Waals surface area contributed by atoms with Gasteiger partial charge in [0.25, 0.3) is 0 Å². The fourth-order valence-electron chi connectivity index (χ4n) is 4.04. The van der Waals surface area contributed by atoms with E-state index in [1.54, 1.807) is 50.0 Å². The topological polar surface area (TPSA) is 77.9 Å². The van der Waals surface area contributed by atoms with E-state index in [1.165, 1.54) is 45.4 Å². The highest BCUT2D eigenvalue weighted by atomic mass is 32.2. The van der Waals surface area contributed by atoms with Crippen molar-refractivity contribution in [3.8, 4) is 11.6 Å². The maximum Gasteiger partial charge on any atom is 0.302 e. The lowest BCUT2D eigenvalue weighted by molar-refractivity contribution is -0.145.